The van der Waals surface area contributed by atoms with Gasteiger partial charge >= 0.3 is 0 Å². The second kappa shape index (κ2) is 10.2. The smallest absolute Gasteiger partial charge is 0.243 e. The number of benzene rings is 2. The van der Waals surface area contributed by atoms with E-state index in [-0.39, 0.29) is 18.4 Å². The van der Waals surface area contributed by atoms with Crippen LogP contribution in [-0.2, 0) is 21.2 Å². The highest BCUT2D eigenvalue weighted by atomic mass is 127. The molecule has 1 N–H and O–H groups in total. The lowest BCUT2D eigenvalue weighted by molar-refractivity contribution is -0.126. The van der Waals surface area contributed by atoms with E-state index in [0.717, 1.165) is 12.0 Å². The molecule has 0 radical (unpaired) electrons. The second-order valence-electron chi connectivity index (χ2n) is 8.06. The Morgan fingerprint density at radius 1 is 1.17 bits per heavy atom. The summed E-state index contributed by atoms with van der Waals surface area (Å²) < 4.78 is 28.8. The molecule has 2 aromatic carbocycles. The van der Waals surface area contributed by atoms with Gasteiger partial charge in [-0.1, -0.05) is 44.2 Å². The van der Waals surface area contributed by atoms with E-state index < -0.39 is 10.0 Å². The number of nitrogens with one attached hydrogen (secondary N) is 1. The van der Waals surface area contributed by atoms with E-state index in [9.17, 15) is 13.2 Å². The Labute approximate surface area is 193 Å². The number of carbonyl (C=O) groups excluding carboxylic acids is 1. The number of rotatable bonds is 7. The molecule has 1 amide bonds. The summed E-state index contributed by atoms with van der Waals surface area (Å²) in [6.07, 6.45) is 2.17. The van der Waals surface area contributed by atoms with Crippen molar-refractivity contribution in [3.8, 4) is 0 Å². The van der Waals surface area contributed by atoms with Crippen LogP contribution < -0.4 is 5.32 Å². The minimum absolute atomic E-state index is 0.0593. The summed E-state index contributed by atoms with van der Waals surface area (Å²) in [5, 5.41) is 3.00. The Morgan fingerprint density at radius 3 is 2.53 bits per heavy atom. The molecule has 0 bridgehead atoms. The normalized spacial score (nSPS) is 17.8. The predicted molar refractivity (Wildman–Crippen MR) is 128 cm³/mol. The molecular formula is C23H29IN2O3S. The number of nitrogens with zero attached hydrogens (tertiary/aromatic N) is 1. The highest BCUT2D eigenvalue weighted by Crippen LogP contribution is 2.25. The van der Waals surface area contributed by atoms with Crippen LogP contribution in [0, 0.1) is 9.49 Å². The van der Waals surface area contributed by atoms with Crippen molar-refractivity contribution in [3.63, 3.8) is 0 Å². The average molecular weight is 540 g/mol. The molecule has 0 aliphatic carbocycles. The Kier molecular flexibility index (Phi) is 7.92. The van der Waals surface area contributed by atoms with E-state index in [0.29, 0.717) is 36.7 Å². The number of piperidine rings is 1. The fourth-order valence-corrected chi connectivity index (χ4v) is 5.90. The van der Waals surface area contributed by atoms with Crippen LogP contribution in [0.3, 0.4) is 0 Å². The first-order chi connectivity index (χ1) is 14.3. The number of carbonyl (C=O) groups is 1. The molecule has 0 saturated carbocycles. The summed E-state index contributed by atoms with van der Waals surface area (Å²) >= 11 is 2.30. The molecule has 7 heteroatoms. The van der Waals surface area contributed by atoms with Gasteiger partial charge in [-0.25, -0.2) is 8.42 Å². The van der Waals surface area contributed by atoms with Crippen molar-refractivity contribution in [2.75, 3.05) is 19.6 Å². The van der Waals surface area contributed by atoms with Gasteiger partial charge in [-0.2, -0.15) is 4.31 Å². The minimum Gasteiger partial charge on any atom is -0.355 e. The first-order valence-corrected chi connectivity index (χ1v) is 12.9. The lowest BCUT2D eigenvalue weighted by Gasteiger charge is -2.31. The van der Waals surface area contributed by atoms with Crippen molar-refractivity contribution in [3.05, 3.63) is 63.2 Å². The molecule has 0 spiro atoms. The average Bonchev–Trinajstić information content (AvgIpc) is 2.75. The van der Waals surface area contributed by atoms with Gasteiger partial charge in [0.2, 0.25) is 15.9 Å². The molecular weight excluding hydrogens is 511 g/mol. The third kappa shape index (κ3) is 5.62. The summed E-state index contributed by atoms with van der Waals surface area (Å²) in [4.78, 5) is 13.0. The van der Waals surface area contributed by atoms with Crippen molar-refractivity contribution in [1.29, 1.82) is 0 Å². The Balaban J connectivity index is 1.59. The summed E-state index contributed by atoms with van der Waals surface area (Å²) in [5.41, 5.74) is 2.31. The number of halogens is 1. The van der Waals surface area contributed by atoms with E-state index in [1.54, 1.807) is 12.1 Å². The van der Waals surface area contributed by atoms with Crippen molar-refractivity contribution in [2.24, 2.45) is 5.92 Å². The van der Waals surface area contributed by atoms with Crippen LogP contribution in [-0.4, -0.2) is 38.3 Å². The largest absolute Gasteiger partial charge is 0.355 e. The highest BCUT2D eigenvalue weighted by Gasteiger charge is 2.33. The molecule has 1 saturated heterocycles. The van der Waals surface area contributed by atoms with E-state index in [1.807, 2.05) is 24.3 Å². The van der Waals surface area contributed by atoms with E-state index >= 15 is 0 Å². The molecule has 0 aromatic heterocycles. The van der Waals surface area contributed by atoms with Gasteiger partial charge in [0.05, 0.1) is 10.8 Å². The third-order valence-corrected chi connectivity index (χ3v) is 8.52. The number of hydrogen-bond acceptors (Lipinski definition) is 3. The van der Waals surface area contributed by atoms with Crippen molar-refractivity contribution in [2.45, 2.75) is 43.9 Å². The second-order valence-corrected chi connectivity index (χ2v) is 11.2. The summed E-state index contributed by atoms with van der Waals surface area (Å²) in [5.74, 6) is -0.0155. The maximum atomic E-state index is 13.1. The number of hydrogen-bond donors (Lipinski definition) is 1. The lowest BCUT2D eigenvalue weighted by Crippen LogP contribution is -2.45. The molecule has 30 heavy (non-hydrogen) atoms. The fraction of sp³-hybridized carbons (Fsp3) is 0.435. The minimum atomic E-state index is -3.59. The molecule has 1 unspecified atom stereocenters. The molecule has 162 valence electrons. The predicted octanol–water partition coefficient (Wildman–Crippen LogP) is 4.17. The zero-order chi connectivity index (χ0) is 21.7. The van der Waals surface area contributed by atoms with Gasteiger partial charge in [0, 0.05) is 23.2 Å². The monoisotopic (exact) mass is 540 g/mol. The topological polar surface area (TPSA) is 66.5 Å². The Bertz CT molecular complexity index is 974. The number of amides is 1. The third-order valence-electron chi connectivity index (χ3n) is 5.59. The quantitative estimate of drug-likeness (QED) is 0.537. The van der Waals surface area contributed by atoms with Gasteiger partial charge in [-0.3, -0.25) is 4.79 Å². The molecule has 5 nitrogen and oxygen atoms in total. The molecule has 2 aromatic rings. The van der Waals surface area contributed by atoms with Crippen LogP contribution in [0.2, 0.25) is 0 Å². The molecule has 1 aliphatic rings. The molecule has 3 rings (SSSR count). The molecule has 1 aliphatic heterocycles. The van der Waals surface area contributed by atoms with Crippen molar-refractivity contribution in [1.82, 2.24) is 9.62 Å². The summed E-state index contributed by atoms with van der Waals surface area (Å²) in [6.45, 7) is 5.41. The van der Waals surface area contributed by atoms with Crippen molar-refractivity contribution >= 4 is 38.5 Å². The van der Waals surface area contributed by atoms with Gasteiger partial charge in [-0.05, 0) is 77.1 Å². The van der Waals surface area contributed by atoms with Crippen LogP contribution in [0.4, 0.5) is 0 Å². The standard InChI is InChI=1S/C23H29IN2O3S/c1-17(2)18-9-11-21(12-10-18)30(28,29)26-15-5-7-20(16-26)23(27)25-14-13-19-6-3-4-8-22(19)24/h3-4,6,8-12,17,20H,5,7,13-16H2,1-2H3,(H,25,27). The van der Waals surface area contributed by atoms with E-state index in [1.165, 1.54) is 13.4 Å². The molecule has 1 heterocycles. The number of sulfonamides is 1. The highest BCUT2D eigenvalue weighted by molar-refractivity contribution is 14.1. The summed E-state index contributed by atoms with van der Waals surface area (Å²) in [6, 6.07) is 15.2. The Hall–Kier alpha value is -1.45. The SMILES string of the molecule is CC(C)c1ccc(S(=O)(=O)N2CCCC(C(=O)NCCc3ccccc3I)C2)cc1. The van der Waals surface area contributed by atoms with Gasteiger partial charge in [0.15, 0.2) is 0 Å². The fourth-order valence-electron chi connectivity index (χ4n) is 3.71. The first kappa shape index (κ1) is 23.2. The van der Waals surface area contributed by atoms with Crippen LogP contribution in [0.5, 0.6) is 0 Å². The van der Waals surface area contributed by atoms with Crippen LogP contribution >= 0.6 is 22.6 Å². The zero-order valence-electron chi connectivity index (χ0n) is 17.5. The first-order valence-electron chi connectivity index (χ1n) is 10.4. The zero-order valence-corrected chi connectivity index (χ0v) is 20.4. The summed E-state index contributed by atoms with van der Waals surface area (Å²) in [7, 11) is -3.59. The van der Waals surface area contributed by atoms with Gasteiger partial charge < -0.3 is 5.32 Å². The van der Waals surface area contributed by atoms with Gasteiger partial charge in [-0.15, -0.1) is 0 Å². The maximum Gasteiger partial charge on any atom is 0.243 e. The molecule has 1 atom stereocenters. The van der Waals surface area contributed by atoms with Crippen molar-refractivity contribution < 1.29 is 13.2 Å². The molecule has 1 fully saturated rings. The Morgan fingerprint density at radius 2 is 1.87 bits per heavy atom. The van der Waals surface area contributed by atoms with Gasteiger partial charge in [0.1, 0.15) is 0 Å². The van der Waals surface area contributed by atoms with Crippen LogP contribution in [0.25, 0.3) is 0 Å². The van der Waals surface area contributed by atoms with Crippen LogP contribution in [0.1, 0.15) is 43.7 Å². The van der Waals surface area contributed by atoms with Gasteiger partial charge in [0.25, 0.3) is 0 Å². The van der Waals surface area contributed by atoms with E-state index in [2.05, 4.69) is 53.9 Å². The van der Waals surface area contributed by atoms with Crippen LogP contribution in [0.15, 0.2) is 53.4 Å². The lowest BCUT2D eigenvalue weighted by atomic mass is 9.99. The maximum absolute atomic E-state index is 13.1. The van der Waals surface area contributed by atoms with E-state index in [4.69, 9.17) is 0 Å².